The van der Waals surface area contributed by atoms with E-state index in [-0.39, 0.29) is 6.04 Å². The number of halogens is 1. The fraction of sp³-hybridized carbons (Fsp3) is 0.364. The van der Waals surface area contributed by atoms with Gasteiger partial charge in [-0.1, -0.05) is 6.07 Å². The number of imidazole rings is 1. The van der Waals surface area contributed by atoms with Crippen LogP contribution in [-0.4, -0.2) is 16.7 Å². The topological polar surface area (TPSA) is 27.1 Å². The Bertz CT molecular complexity index is 491. The van der Waals surface area contributed by atoms with Crippen LogP contribution >= 0.6 is 11.6 Å². The summed E-state index contributed by atoms with van der Waals surface area (Å²) in [5, 5.41) is 0.504. The molecule has 1 aromatic carbocycles. The van der Waals surface area contributed by atoms with Gasteiger partial charge in [0.2, 0.25) is 5.28 Å². The fourth-order valence-corrected chi connectivity index (χ4v) is 2.09. The molecule has 0 aliphatic rings. The lowest BCUT2D eigenvalue weighted by Crippen LogP contribution is -2.00. The molecule has 0 N–H and O–H groups in total. The van der Waals surface area contributed by atoms with Crippen molar-refractivity contribution in [2.45, 2.75) is 19.9 Å². The van der Waals surface area contributed by atoms with Gasteiger partial charge in [-0.2, -0.15) is 0 Å². The van der Waals surface area contributed by atoms with Gasteiger partial charge in [0.25, 0.3) is 0 Å². The Hall–Kier alpha value is -1.22. The normalized spacial score (nSPS) is 11.3. The largest absolute Gasteiger partial charge is 0.494 e. The molecule has 15 heavy (non-hydrogen) atoms. The molecule has 1 aromatic heterocycles. The molecule has 0 spiro atoms. The Kier molecular flexibility index (Phi) is 2.57. The minimum absolute atomic E-state index is 0.287. The van der Waals surface area contributed by atoms with E-state index in [1.165, 1.54) is 0 Å². The first kappa shape index (κ1) is 10.3. The second-order valence-corrected chi connectivity index (χ2v) is 4.01. The van der Waals surface area contributed by atoms with Crippen molar-refractivity contribution in [1.29, 1.82) is 0 Å². The Morgan fingerprint density at radius 1 is 1.40 bits per heavy atom. The number of aromatic nitrogens is 2. The van der Waals surface area contributed by atoms with Crippen LogP contribution in [0.1, 0.15) is 19.9 Å². The molecule has 0 bridgehead atoms. The zero-order valence-corrected chi connectivity index (χ0v) is 9.75. The minimum Gasteiger partial charge on any atom is -0.494 e. The van der Waals surface area contributed by atoms with E-state index < -0.39 is 0 Å². The standard InChI is InChI=1S/C11H13ClN2O/c1-7(2)14-8-5-4-6-9(15-3)10(8)13-11(14)12/h4-7H,1-3H3. The van der Waals surface area contributed by atoms with Crippen molar-refractivity contribution in [3.8, 4) is 5.75 Å². The minimum atomic E-state index is 0.287. The molecule has 3 nitrogen and oxygen atoms in total. The first-order chi connectivity index (χ1) is 7.15. The summed E-state index contributed by atoms with van der Waals surface area (Å²) in [6.45, 7) is 4.15. The second-order valence-electron chi connectivity index (χ2n) is 3.67. The third kappa shape index (κ3) is 1.57. The van der Waals surface area contributed by atoms with Gasteiger partial charge in [0.15, 0.2) is 0 Å². The lowest BCUT2D eigenvalue weighted by Gasteiger charge is -2.09. The summed E-state index contributed by atoms with van der Waals surface area (Å²) in [5.41, 5.74) is 1.83. The summed E-state index contributed by atoms with van der Waals surface area (Å²) >= 11 is 6.09. The smallest absolute Gasteiger partial charge is 0.204 e. The van der Waals surface area contributed by atoms with E-state index in [2.05, 4.69) is 18.8 Å². The van der Waals surface area contributed by atoms with Gasteiger partial charge >= 0.3 is 0 Å². The van der Waals surface area contributed by atoms with E-state index in [9.17, 15) is 0 Å². The number of para-hydroxylation sites is 1. The summed E-state index contributed by atoms with van der Waals surface area (Å²) in [6, 6.07) is 6.11. The number of benzene rings is 1. The molecule has 0 saturated carbocycles. The first-order valence-corrected chi connectivity index (χ1v) is 5.23. The van der Waals surface area contributed by atoms with Gasteiger partial charge in [-0.05, 0) is 37.6 Å². The van der Waals surface area contributed by atoms with E-state index in [1.807, 2.05) is 22.8 Å². The number of fused-ring (bicyclic) bond motifs is 1. The summed E-state index contributed by atoms with van der Waals surface area (Å²) in [6.07, 6.45) is 0. The number of rotatable bonds is 2. The summed E-state index contributed by atoms with van der Waals surface area (Å²) in [5.74, 6) is 0.758. The maximum absolute atomic E-state index is 6.09. The molecule has 0 amide bonds. The molecule has 2 aromatic rings. The zero-order valence-electron chi connectivity index (χ0n) is 8.99. The number of ether oxygens (including phenoxy) is 1. The molecule has 0 aliphatic carbocycles. The Balaban J connectivity index is 2.78. The van der Waals surface area contributed by atoms with Crippen molar-refractivity contribution in [3.05, 3.63) is 23.5 Å². The lowest BCUT2D eigenvalue weighted by molar-refractivity contribution is 0.419. The zero-order chi connectivity index (χ0) is 11.0. The maximum atomic E-state index is 6.09. The molecular weight excluding hydrogens is 212 g/mol. The SMILES string of the molecule is COc1cccc2c1nc(Cl)n2C(C)C. The molecule has 2 rings (SSSR count). The maximum Gasteiger partial charge on any atom is 0.204 e. The van der Waals surface area contributed by atoms with Crippen LogP contribution in [0.2, 0.25) is 5.28 Å². The van der Waals surface area contributed by atoms with Gasteiger partial charge in [0.05, 0.1) is 12.6 Å². The molecule has 80 valence electrons. The predicted octanol–water partition coefficient (Wildman–Crippen LogP) is 3.28. The fourth-order valence-electron chi connectivity index (χ4n) is 1.72. The summed E-state index contributed by atoms with van der Waals surface area (Å²) < 4.78 is 7.23. The average Bonchev–Trinajstić information content (AvgIpc) is 2.53. The molecule has 0 fully saturated rings. The van der Waals surface area contributed by atoms with Crippen molar-refractivity contribution >= 4 is 22.6 Å². The molecule has 4 heteroatoms. The molecule has 1 heterocycles. The Morgan fingerprint density at radius 3 is 2.73 bits per heavy atom. The van der Waals surface area contributed by atoms with Crippen LogP contribution in [0.25, 0.3) is 11.0 Å². The van der Waals surface area contributed by atoms with Crippen molar-refractivity contribution in [3.63, 3.8) is 0 Å². The molecule has 0 aliphatic heterocycles. The van der Waals surface area contributed by atoms with E-state index in [1.54, 1.807) is 7.11 Å². The van der Waals surface area contributed by atoms with Crippen LogP contribution in [0.5, 0.6) is 5.75 Å². The highest BCUT2D eigenvalue weighted by molar-refractivity contribution is 6.29. The second kappa shape index (κ2) is 3.74. The quantitative estimate of drug-likeness (QED) is 0.783. The van der Waals surface area contributed by atoms with Crippen molar-refractivity contribution in [1.82, 2.24) is 9.55 Å². The van der Waals surface area contributed by atoms with E-state index in [0.717, 1.165) is 16.8 Å². The summed E-state index contributed by atoms with van der Waals surface area (Å²) in [7, 11) is 1.64. The van der Waals surface area contributed by atoms with Crippen LogP contribution < -0.4 is 4.74 Å². The van der Waals surface area contributed by atoms with Gasteiger partial charge in [-0.25, -0.2) is 4.98 Å². The van der Waals surface area contributed by atoms with E-state index in [4.69, 9.17) is 16.3 Å². The van der Waals surface area contributed by atoms with Gasteiger partial charge < -0.3 is 9.30 Å². The van der Waals surface area contributed by atoms with E-state index >= 15 is 0 Å². The Morgan fingerprint density at radius 2 is 2.13 bits per heavy atom. The number of hydrogen-bond donors (Lipinski definition) is 0. The highest BCUT2D eigenvalue weighted by Gasteiger charge is 2.13. The lowest BCUT2D eigenvalue weighted by atomic mass is 10.2. The van der Waals surface area contributed by atoms with Crippen LogP contribution in [0.4, 0.5) is 0 Å². The van der Waals surface area contributed by atoms with Gasteiger partial charge in [0.1, 0.15) is 11.3 Å². The third-order valence-electron chi connectivity index (χ3n) is 2.38. The van der Waals surface area contributed by atoms with Crippen LogP contribution in [0.3, 0.4) is 0 Å². The van der Waals surface area contributed by atoms with Crippen LogP contribution in [0, 0.1) is 0 Å². The molecule has 0 saturated heterocycles. The highest BCUT2D eigenvalue weighted by Crippen LogP contribution is 2.29. The molecule has 0 atom stereocenters. The predicted molar refractivity (Wildman–Crippen MR) is 61.7 cm³/mol. The Labute approximate surface area is 93.6 Å². The third-order valence-corrected chi connectivity index (χ3v) is 2.64. The van der Waals surface area contributed by atoms with Crippen LogP contribution in [0.15, 0.2) is 18.2 Å². The average molecular weight is 225 g/mol. The van der Waals surface area contributed by atoms with Gasteiger partial charge in [-0.15, -0.1) is 0 Å². The number of methoxy groups -OCH3 is 1. The van der Waals surface area contributed by atoms with Crippen LogP contribution in [-0.2, 0) is 0 Å². The van der Waals surface area contributed by atoms with E-state index in [0.29, 0.717) is 5.28 Å². The van der Waals surface area contributed by atoms with Gasteiger partial charge in [-0.3, -0.25) is 0 Å². The van der Waals surface area contributed by atoms with Gasteiger partial charge in [0, 0.05) is 6.04 Å². The summed E-state index contributed by atoms with van der Waals surface area (Å²) in [4.78, 5) is 4.31. The van der Waals surface area contributed by atoms with Crippen molar-refractivity contribution in [2.24, 2.45) is 0 Å². The first-order valence-electron chi connectivity index (χ1n) is 4.85. The molecular formula is C11H13ClN2O. The molecule has 0 unspecified atom stereocenters. The monoisotopic (exact) mass is 224 g/mol. The molecule has 0 radical (unpaired) electrons. The number of hydrogen-bond acceptors (Lipinski definition) is 2. The number of nitrogens with zero attached hydrogens (tertiary/aromatic N) is 2. The van der Waals surface area contributed by atoms with Crippen molar-refractivity contribution < 1.29 is 4.74 Å². The highest BCUT2D eigenvalue weighted by atomic mass is 35.5. The van der Waals surface area contributed by atoms with Crippen molar-refractivity contribution in [2.75, 3.05) is 7.11 Å².